The molecule has 7 rings (SSSR count). The third-order valence-electron chi connectivity index (χ3n) is 11.6. The van der Waals surface area contributed by atoms with E-state index in [9.17, 15) is 9.59 Å². The summed E-state index contributed by atoms with van der Waals surface area (Å²) in [6, 6.07) is 8.40. The smallest absolute Gasteiger partial charge is 0.410 e. The van der Waals surface area contributed by atoms with Gasteiger partial charge in [0.1, 0.15) is 43.2 Å². The Morgan fingerprint density at radius 2 is 1.74 bits per heavy atom. The number of thioether (sulfide) groups is 1. The van der Waals surface area contributed by atoms with Gasteiger partial charge in [0.15, 0.2) is 5.16 Å². The van der Waals surface area contributed by atoms with Gasteiger partial charge < -0.3 is 14.4 Å². The molecule has 280 valence electrons. The van der Waals surface area contributed by atoms with Crippen LogP contribution in [-0.2, 0) is 4.74 Å². The van der Waals surface area contributed by atoms with Crippen molar-refractivity contribution in [1.29, 1.82) is 0 Å². The van der Waals surface area contributed by atoms with E-state index >= 15 is 4.39 Å². The highest BCUT2D eigenvalue weighted by Gasteiger charge is 2.51. The van der Waals surface area contributed by atoms with Crippen LogP contribution in [0.15, 0.2) is 46.5 Å². The lowest BCUT2D eigenvalue weighted by molar-refractivity contribution is 0.00545. The van der Waals surface area contributed by atoms with E-state index in [4.69, 9.17) is 19.4 Å². The van der Waals surface area contributed by atoms with E-state index in [1.165, 1.54) is 22.4 Å². The Morgan fingerprint density at radius 3 is 2.40 bits per heavy atom. The standard InChI is InChI=1S/C41H50FN5O4SSi/c1-23(2)53(24(3)4,25(5)6)19-18-28-29(42)16-14-26-12-11-13-31(34(26)28)46-21-33-35-36(38(46)48)43-39(52-10)44-37(35)45-20-27-15-17-30(32(45)22-50-33)47(27)40(49)51-41(7,8)9/h11-14,16,21,23-25,27,30,32H,15,17,20,22H2,1-10H3/t27-,30+,32-/m1/s1. The van der Waals surface area contributed by atoms with Gasteiger partial charge in [-0.1, -0.05) is 77.4 Å². The molecule has 0 N–H and O–H groups in total. The molecule has 5 heterocycles. The van der Waals surface area contributed by atoms with Gasteiger partial charge in [0.2, 0.25) is 0 Å². The topological polar surface area (TPSA) is 89.8 Å². The van der Waals surface area contributed by atoms with Gasteiger partial charge in [0.25, 0.3) is 5.56 Å². The minimum Gasteiger partial charge on any atom is -0.489 e. The second kappa shape index (κ2) is 13.6. The number of carbonyl (C=O) groups excluding carboxylic acids is 1. The van der Waals surface area contributed by atoms with Crippen molar-refractivity contribution in [3.63, 3.8) is 0 Å². The molecule has 0 aliphatic carbocycles. The third-order valence-corrected chi connectivity index (χ3v) is 18.4. The molecule has 2 aromatic carbocycles. The molecule has 12 heteroatoms. The van der Waals surface area contributed by atoms with Gasteiger partial charge in [0.05, 0.1) is 41.0 Å². The van der Waals surface area contributed by atoms with Crippen molar-refractivity contribution in [2.75, 3.05) is 24.3 Å². The average Bonchev–Trinajstić information content (AvgIpc) is 3.33. The van der Waals surface area contributed by atoms with Crippen molar-refractivity contribution in [3.8, 4) is 22.9 Å². The molecule has 0 saturated carbocycles. The molecule has 3 aliphatic heterocycles. The first-order valence-corrected chi connectivity index (χ1v) is 22.2. The summed E-state index contributed by atoms with van der Waals surface area (Å²) < 4.78 is 30.1. The molecule has 2 bridgehead atoms. The molecule has 2 fully saturated rings. The van der Waals surface area contributed by atoms with Crippen LogP contribution >= 0.6 is 11.8 Å². The van der Waals surface area contributed by atoms with Crippen LogP contribution in [0.1, 0.15) is 80.7 Å². The maximum Gasteiger partial charge on any atom is 0.410 e. The molecular weight excluding hydrogens is 706 g/mol. The molecule has 0 spiro atoms. The van der Waals surface area contributed by atoms with Crippen molar-refractivity contribution in [1.82, 2.24) is 19.4 Å². The number of fused-ring (bicyclic) bond motifs is 6. The maximum absolute atomic E-state index is 16.1. The predicted octanol–water partition coefficient (Wildman–Crippen LogP) is 8.71. The highest BCUT2D eigenvalue weighted by Crippen LogP contribution is 2.44. The normalized spacial score (nSPS) is 19.8. The second-order valence-electron chi connectivity index (χ2n) is 16.6. The molecule has 0 radical (unpaired) electrons. The molecule has 1 amide bonds. The second-order valence-corrected chi connectivity index (χ2v) is 22.9. The van der Waals surface area contributed by atoms with Gasteiger partial charge in [-0.05, 0) is 74.0 Å². The Balaban J connectivity index is 1.41. The van der Waals surface area contributed by atoms with Crippen LogP contribution in [0, 0.1) is 17.3 Å². The van der Waals surface area contributed by atoms with Gasteiger partial charge in [-0.25, -0.2) is 19.2 Å². The van der Waals surface area contributed by atoms with E-state index < -0.39 is 19.5 Å². The van der Waals surface area contributed by atoms with Gasteiger partial charge in [-0.3, -0.25) is 14.3 Å². The van der Waals surface area contributed by atoms with Crippen LogP contribution in [-0.4, -0.2) is 76.7 Å². The van der Waals surface area contributed by atoms with Crippen molar-refractivity contribution in [2.45, 2.75) is 121 Å². The number of piperazine rings is 1. The minimum atomic E-state index is -2.21. The number of halogens is 1. The number of anilines is 1. The summed E-state index contributed by atoms with van der Waals surface area (Å²) >= 11 is 1.36. The Bertz CT molecular complexity index is 2220. The molecule has 9 nitrogen and oxygen atoms in total. The molecule has 0 unspecified atom stereocenters. The highest BCUT2D eigenvalue weighted by atomic mass is 32.2. The van der Waals surface area contributed by atoms with Gasteiger partial charge in [-0.15, -0.1) is 5.54 Å². The molecule has 2 saturated heterocycles. The van der Waals surface area contributed by atoms with Crippen LogP contribution in [0.5, 0.6) is 5.75 Å². The number of amides is 1. The molecule has 3 atom stereocenters. The van der Waals surface area contributed by atoms with Crippen molar-refractivity contribution >= 4 is 53.4 Å². The van der Waals surface area contributed by atoms with E-state index in [0.717, 1.165) is 18.2 Å². The zero-order valence-corrected chi connectivity index (χ0v) is 34.2. The maximum atomic E-state index is 16.1. The predicted molar refractivity (Wildman–Crippen MR) is 214 cm³/mol. The Hall–Kier alpha value is -4.08. The Kier molecular flexibility index (Phi) is 9.59. The lowest BCUT2D eigenvalue weighted by Gasteiger charge is -2.46. The highest BCUT2D eigenvalue weighted by molar-refractivity contribution is 7.98. The monoisotopic (exact) mass is 755 g/mol. The third kappa shape index (κ3) is 6.17. The Morgan fingerprint density at radius 1 is 1.02 bits per heavy atom. The average molecular weight is 756 g/mol. The number of pyridine rings is 1. The fraction of sp³-hybridized carbons (Fsp3) is 0.512. The summed E-state index contributed by atoms with van der Waals surface area (Å²) in [5.41, 5.74) is 4.87. The molecule has 2 aromatic heterocycles. The van der Waals surface area contributed by atoms with Crippen LogP contribution in [0.2, 0.25) is 16.6 Å². The van der Waals surface area contributed by atoms with Crippen LogP contribution in [0.4, 0.5) is 15.0 Å². The zero-order chi connectivity index (χ0) is 38.1. The first-order chi connectivity index (χ1) is 25.1. The zero-order valence-electron chi connectivity index (χ0n) is 32.4. The fourth-order valence-electron chi connectivity index (χ4n) is 9.27. The van der Waals surface area contributed by atoms with Gasteiger partial charge in [0, 0.05) is 11.9 Å². The number of rotatable bonds is 5. The summed E-state index contributed by atoms with van der Waals surface area (Å²) in [6.45, 7) is 19.9. The number of ether oxygens (including phenoxy) is 2. The summed E-state index contributed by atoms with van der Waals surface area (Å²) in [5, 5.41) is 2.36. The number of benzene rings is 2. The van der Waals surface area contributed by atoms with E-state index in [2.05, 4.69) is 57.9 Å². The summed E-state index contributed by atoms with van der Waals surface area (Å²) in [6.07, 6.45) is 4.91. The summed E-state index contributed by atoms with van der Waals surface area (Å²) in [5.74, 6) is 4.05. The number of carbonyl (C=O) groups is 1. The lowest BCUT2D eigenvalue weighted by atomic mass is 10.0. The van der Waals surface area contributed by atoms with E-state index in [1.807, 2.05) is 50.1 Å². The summed E-state index contributed by atoms with van der Waals surface area (Å²) in [4.78, 5) is 42.1. The van der Waals surface area contributed by atoms with Crippen molar-refractivity contribution < 1.29 is 18.7 Å². The molecule has 4 aromatic rings. The minimum absolute atomic E-state index is 0.0650. The van der Waals surface area contributed by atoms with Crippen LogP contribution in [0.3, 0.4) is 0 Å². The van der Waals surface area contributed by atoms with Crippen molar-refractivity contribution in [3.05, 3.63) is 58.3 Å². The first kappa shape index (κ1) is 37.2. The number of hydrogen-bond donors (Lipinski definition) is 0. The first-order valence-electron chi connectivity index (χ1n) is 18.7. The van der Waals surface area contributed by atoms with E-state index in [1.54, 1.807) is 12.3 Å². The Labute approximate surface area is 316 Å². The number of aromatic nitrogens is 3. The molecule has 3 aliphatic rings. The quantitative estimate of drug-likeness (QED) is 0.0866. The number of nitrogens with zero attached hydrogens (tertiary/aromatic N) is 5. The van der Waals surface area contributed by atoms with E-state index in [-0.39, 0.29) is 41.9 Å². The molecular formula is C41H50FN5O4SSi. The van der Waals surface area contributed by atoms with Gasteiger partial charge in [-0.2, -0.15) is 0 Å². The SMILES string of the molecule is CSc1nc2c3c(cn(-c4cccc5ccc(F)c(C#C[Si](C(C)C)(C(C)C)C(C)C)c45)c(=O)c3n1)OC[C@@H]1[C@@H]3CC[C@H](CN21)N3C(=O)OC(C)(C)C. The fourth-order valence-corrected chi connectivity index (χ4v) is 14.8. The van der Waals surface area contributed by atoms with Gasteiger partial charge >= 0.3 is 6.09 Å². The van der Waals surface area contributed by atoms with Crippen LogP contribution in [0.25, 0.3) is 27.4 Å². The van der Waals surface area contributed by atoms with E-state index in [0.29, 0.717) is 61.9 Å². The largest absolute Gasteiger partial charge is 0.489 e. The molecule has 53 heavy (non-hydrogen) atoms. The van der Waals surface area contributed by atoms with Crippen molar-refractivity contribution in [2.24, 2.45) is 0 Å². The summed E-state index contributed by atoms with van der Waals surface area (Å²) in [7, 11) is -2.21. The lowest BCUT2D eigenvalue weighted by Crippen LogP contribution is -2.63. The van der Waals surface area contributed by atoms with Crippen LogP contribution < -0.4 is 15.2 Å². The number of hydrogen-bond acceptors (Lipinski definition) is 8.